The molecule has 0 aromatic rings. The van der Waals surface area contributed by atoms with Crippen molar-refractivity contribution < 1.29 is 21.6 Å². The number of halogens is 3. The first kappa shape index (κ1) is 14.4. The van der Waals surface area contributed by atoms with E-state index in [4.69, 9.17) is 0 Å². The highest BCUT2D eigenvalue weighted by atomic mass is 32.2. The molecule has 0 aliphatic carbocycles. The SMILES string of the molecule is C=CCCNS(=O)(=O)CCCC(F)(F)F. The van der Waals surface area contributed by atoms with E-state index in [1.807, 2.05) is 0 Å². The van der Waals surface area contributed by atoms with Gasteiger partial charge in [-0.3, -0.25) is 0 Å². The lowest BCUT2D eigenvalue weighted by Gasteiger charge is -2.07. The van der Waals surface area contributed by atoms with Gasteiger partial charge in [-0.05, 0) is 12.8 Å². The van der Waals surface area contributed by atoms with Gasteiger partial charge in [0.2, 0.25) is 10.0 Å². The zero-order valence-corrected chi connectivity index (χ0v) is 9.00. The van der Waals surface area contributed by atoms with E-state index in [-0.39, 0.29) is 6.54 Å². The van der Waals surface area contributed by atoms with E-state index in [0.717, 1.165) is 0 Å². The minimum atomic E-state index is -4.30. The molecule has 0 heterocycles. The maximum Gasteiger partial charge on any atom is 0.389 e. The maximum absolute atomic E-state index is 11.7. The maximum atomic E-state index is 11.7. The van der Waals surface area contributed by atoms with E-state index in [2.05, 4.69) is 11.3 Å². The van der Waals surface area contributed by atoms with E-state index in [0.29, 0.717) is 6.42 Å². The van der Waals surface area contributed by atoms with Crippen LogP contribution in [0.2, 0.25) is 0 Å². The Balaban J connectivity index is 3.80. The molecule has 0 saturated heterocycles. The number of hydrogen-bond donors (Lipinski definition) is 1. The molecule has 0 rings (SSSR count). The van der Waals surface area contributed by atoms with Gasteiger partial charge in [0.05, 0.1) is 5.75 Å². The van der Waals surface area contributed by atoms with Crippen LogP contribution in [0.15, 0.2) is 12.7 Å². The molecule has 0 radical (unpaired) electrons. The normalized spacial score (nSPS) is 12.7. The van der Waals surface area contributed by atoms with Crippen LogP contribution in [0, 0.1) is 0 Å². The van der Waals surface area contributed by atoms with Gasteiger partial charge in [0.1, 0.15) is 0 Å². The van der Waals surface area contributed by atoms with Crippen molar-refractivity contribution >= 4 is 10.0 Å². The first-order valence-corrected chi connectivity index (χ1v) is 6.07. The number of nitrogens with one attached hydrogen (secondary N) is 1. The van der Waals surface area contributed by atoms with Crippen molar-refractivity contribution in [3.63, 3.8) is 0 Å². The van der Waals surface area contributed by atoms with Gasteiger partial charge >= 0.3 is 6.18 Å². The summed E-state index contributed by atoms with van der Waals surface area (Å²) in [6, 6.07) is 0. The highest BCUT2D eigenvalue weighted by Crippen LogP contribution is 2.21. The van der Waals surface area contributed by atoms with Crippen molar-refractivity contribution in [1.82, 2.24) is 4.72 Å². The van der Waals surface area contributed by atoms with E-state index in [1.165, 1.54) is 6.08 Å². The molecular weight excluding hydrogens is 231 g/mol. The van der Waals surface area contributed by atoms with E-state index >= 15 is 0 Å². The quantitative estimate of drug-likeness (QED) is 0.549. The van der Waals surface area contributed by atoms with Gasteiger partial charge in [0.25, 0.3) is 0 Å². The van der Waals surface area contributed by atoms with Crippen molar-refractivity contribution in [2.45, 2.75) is 25.4 Å². The third-order valence-corrected chi connectivity index (χ3v) is 3.01. The minimum absolute atomic E-state index is 0.178. The number of alkyl halides is 3. The summed E-state index contributed by atoms with van der Waals surface area (Å²) in [5, 5.41) is 0. The molecule has 3 nitrogen and oxygen atoms in total. The highest BCUT2D eigenvalue weighted by molar-refractivity contribution is 7.89. The van der Waals surface area contributed by atoms with Gasteiger partial charge in [-0.25, -0.2) is 13.1 Å². The summed E-state index contributed by atoms with van der Waals surface area (Å²) in [6.07, 6.45) is -3.80. The number of rotatable bonds is 7. The van der Waals surface area contributed by atoms with Crippen LogP contribution >= 0.6 is 0 Å². The number of sulfonamides is 1. The van der Waals surface area contributed by atoms with Gasteiger partial charge < -0.3 is 0 Å². The largest absolute Gasteiger partial charge is 0.389 e. The Morgan fingerprint density at radius 1 is 1.33 bits per heavy atom. The predicted molar refractivity (Wildman–Crippen MR) is 51.9 cm³/mol. The summed E-state index contributed by atoms with van der Waals surface area (Å²) in [6.45, 7) is 3.57. The second-order valence-electron chi connectivity index (χ2n) is 3.01. The second-order valence-corrected chi connectivity index (χ2v) is 4.94. The van der Waals surface area contributed by atoms with Crippen LogP contribution in [-0.4, -0.2) is 26.9 Å². The van der Waals surface area contributed by atoms with Gasteiger partial charge in [0, 0.05) is 13.0 Å². The topological polar surface area (TPSA) is 46.2 Å². The smallest absolute Gasteiger partial charge is 0.215 e. The summed E-state index contributed by atoms with van der Waals surface area (Å²) in [4.78, 5) is 0. The molecular formula is C8H14F3NO2S. The molecule has 0 fully saturated rings. The Hall–Kier alpha value is -0.560. The molecule has 0 amide bonds. The van der Waals surface area contributed by atoms with Gasteiger partial charge in [-0.2, -0.15) is 13.2 Å². The molecule has 0 unspecified atom stereocenters. The zero-order valence-electron chi connectivity index (χ0n) is 8.18. The van der Waals surface area contributed by atoms with Crippen LogP contribution in [0.4, 0.5) is 13.2 Å². The van der Waals surface area contributed by atoms with Crippen molar-refractivity contribution in [1.29, 1.82) is 0 Å². The molecule has 15 heavy (non-hydrogen) atoms. The van der Waals surface area contributed by atoms with E-state index < -0.39 is 34.8 Å². The van der Waals surface area contributed by atoms with Crippen LogP contribution in [0.5, 0.6) is 0 Å². The summed E-state index contributed by atoms with van der Waals surface area (Å²) >= 11 is 0. The lowest BCUT2D eigenvalue weighted by atomic mass is 10.3. The summed E-state index contributed by atoms with van der Waals surface area (Å²) in [5.41, 5.74) is 0. The van der Waals surface area contributed by atoms with Crippen molar-refractivity contribution in [3.8, 4) is 0 Å². The lowest BCUT2D eigenvalue weighted by Crippen LogP contribution is -2.27. The molecule has 7 heteroatoms. The second kappa shape index (κ2) is 6.12. The Kier molecular flexibility index (Phi) is 5.89. The van der Waals surface area contributed by atoms with E-state index in [1.54, 1.807) is 0 Å². The van der Waals surface area contributed by atoms with Crippen molar-refractivity contribution in [2.24, 2.45) is 0 Å². The minimum Gasteiger partial charge on any atom is -0.215 e. The van der Waals surface area contributed by atoms with Gasteiger partial charge in [-0.15, -0.1) is 6.58 Å². The average Bonchev–Trinajstić information content (AvgIpc) is 2.01. The number of hydrogen-bond acceptors (Lipinski definition) is 2. The first-order valence-electron chi connectivity index (χ1n) is 4.42. The fourth-order valence-corrected chi connectivity index (χ4v) is 1.95. The Morgan fingerprint density at radius 3 is 2.40 bits per heavy atom. The van der Waals surface area contributed by atoms with Gasteiger partial charge in [0.15, 0.2) is 0 Å². The lowest BCUT2D eigenvalue weighted by molar-refractivity contribution is -0.134. The van der Waals surface area contributed by atoms with Crippen LogP contribution in [0.3, 0.4) is 0 Å². The Morgan fingerprint density at radius 2 is 1.93 bits per heavy atom. The Labute approximate surface area is 87.4 Å². The summed E-state index contributed by atoms with van der Waals surface area (Å²) in [7, 11) is -3.57. The third kappa shape index (κ3) is 9.74. The molecule has 0 aromatic carbocycles. The molecule has 90 valence electrons. The van der Waals surface area contributed by atoms with Crippen LogP contribution in [0.25, 0.3) is 0 Å². The van der Waals surface area contributed by atoms with E-state index in [9.17, 15) is 21.6 Å². The van der Waals surface area contributed by atoms with Crippen molar-refractivity contribution in [2.75, 3.05) is 12.3 Å². The zero-order chi connectivity index (χ0) is 11.9. The molecule has 0 aliphatic heterocycles. The summed E-state index contributed by atoms with van der Waals surface area (Å²) < 4.78 is 59.5. The average molecular weight is 245 g/mol. The molecule has 0 aromatic heterocycles. The molecule has 0 spiro atoms. The molecule has 0 atom stereocenters. The summed E-state index contributed by atoms with van der Waals surface area (Å²) in [5.74, 6) is -0.496. The van der Waals surface area contributed by atoms with Gasteiger partial charge in [-0.1, -0.05) is 6.08 Å². The first-order chi connectivity index (χ1) is 6.77. The van der Waals surface area contributed by atoms with Crippen LogP contribution < -0.4 is 4.72 Å². The predicted octanol–water partition coefficient (Wildman–Crippen LogP) is 1.82. The standard InChI is InChI=1S/C8H14F3NO2S/c1-2-3-6-12-15(13,14)7-4-5-8(9,10)11/h2,12H,1,3-7H2. The van der Waals surface area contributed by atoms with Crippen LogP contribution in [-0.2, 0) is 10.0 Å². The monoisotopic (exact) mass is 245 g/mol. The Bertz CT molecular complexity index is 285. The fraction of sp³-hybridized carbons (Fsp3) is 0.750. The van der Waals surface area contributed by atoms with Crippen molar-refractivity contribution in [3.05, 3.63) is 12.7 Å². The molecule has 0 saturated carbocycles. The highest BCUT2D eigenvalue weighted by Gasteiger charge is 2.27. The molecule has 0 aliphatic rings. The molecule has 0 bridgehead atoms. The fourth-order valence-electron chi connectivity index (χ4n) is 0.851. The third-order valence-electron chi connectivity index (χ3n) is 1.54. The van der Waals surface area contributed by atoms with Crippen LogP contribution in [0.1, 0.15) is 19.3 Å². The molecule has 1 N–H and O–H groups in total.